The Balaban J connectivity index is 1.41. The molecule has 2 saturated carbocycles. The normalized spacial score (nSPS) is 36.3. The lowest BCUT2D eigenvalue weighted by Gasteiger charge is -2.48. The predicted molar refractivity (Wildman–Crippen MR) is 89.2 cm³/mol. The van der Waals surface area contributed by atoms with Gasteiger partial charge in [-0.2, -0.15) is 0 Å². The van der Waals surface area contributed by atoms with Crippen molar-refractivity contribution in [3.63, 3.8) is 0 Å². The Morgan fingerprint density at radius 3 is 2.57 bits per heavy atom. The summed E-state index contributed by atoms with van der Waals surface area (Å²) in [4.78, 5) is 14.1. The second-order valence-electron chi connectivity index (χ2n) is 8.57. The molecule has 0 spiro atoms. The topological polar surface area (TPSA) is 59.4 Å². The van der Waals surface area contributed by atoms with E-state index in [-0.39, 0.29) is 16.9 Å². The summed E-state index contributed by atoms with van der Waals surface area (Å²) in [6, 6.07) is 0. The maximum Gasteiger partial charge on any atom is 0.275 e. The van der Waals surface area contributed by atoms with Crippen LogP contribution in [-0.2, 0) is 9.53 Å². The lowest BCUT2D eigenvalue weighted by molar-refractivity contribution is -0.919. The fourth-order valence-electron chi connectivity index (χ4n) is 5.16. The maximum atomic E-state index is 12.5. The van der Waals surface area contributed by atoms with Crippen LogP contribution < -0.4 is 15.5 Å². The Bertz CT molecular complexity index is 434. The number of carbonyl (C=O) groups is 1. The van der Waals surface area contributed by atoms with Crippen LogP contribution in [0.3, 0.4) is 0 Å². The molecule has 3 aliphatic rings. The molecule has 0 aromatic rings. The van der Waals surface area contributed by atoms with Crippen molar-refractivity contribution in [2.45, 2.75) is 45.6 Å². The minimum absolute atomic E-state index is 0.0176. The average molecular weight is 325 g/mol. The third kappa shape index (κ3) is 3.28. The zero-order valence-corrected chi connectivity index (χ0v) is 15.1. The summed E-state index contributed by atoms with van der Waals surface area (Å²) in [5, 5.41) is 5.59. The Morgan fingerprint density at radius 2 is 1.91 bits per heavy atom. The Morgan fingerprint density at radius 1 is 1.22 bits per heavy atom. The van der Waals surface area contributed by atoms with E-state index in [0.29, 0.717) is 12.5 Å². The first kappa shape index (κ1) is 17.2. The van der Waals surface area contributed by atoms with Crippen LogP contribution >= 0.6 is 0 Å². The van der Waals surface area contributed by atoms with Gasteiger partial charge in [0.25, 0.3) is 5.91 Å². The maximum absolute atomic E-state index is 12.5. The highest BCUT2D eigenvalue weighted by Gasteiger charge is 2.60. The fourth-order valence-corrected chi connectivity index (χ4v) is 5.16. The molecule has 23 heavy (non-hydrogen) atoms. The van der Waals surface area contributed by atoms with E-state index >= 15 is 0 Å². The summed E-state index contributed by atoms with van der Waals surface area (Å²) in [5.41, 5.74) is 0.208. The zero-order chi connectivity index (χ0) is 16.5. The predicted octanol–water partition coefficient (Wildman–Crippen LogP) is -1.20. The number of hydrogen-bond acceptors (Lipinski definition) is 2. The van der Waals surface area contributed by atoms with Gasteiger partial charge in [-0.3, -0.25) is 4.79 Å². The minimum Gasteiger partial charge on any atom is -0.370 e. The minimum atomic E-state index is -0.0176. The SMILES string of the molecule is CC1(C)[C@H]2CC[C@@H](C2)[C@@]1(C)NC(=O)C[NH2+]CC[NH+]1CCOCC1. The Labute approximate surface area is 140 Å². The van der Waals surface area contributed by atoms with Crippen molar-refractivity contribution >= 4 is 5.91 Å². The number of carbonyl (C=O) groups excluding carboxylic acids is 1. The summed E-state index contributed by atoms with van der Waals surface area (Å²) < 4.78 is 5.38. The van der Waals surface area contributed by atoms with Crippen molar-refractivity contribution in [1.29, 1.82) is 0 Å². The van der Waals surface area contributed by atoms with Crippen LogP contribution in [-0.4, -0.2) is 57.4 Å². The van der Waals surface area contributed by atoms with E-state index in [1.807, 2.05) is 0 Å². The number of rotatable bonds is 6. The van der Waals surface area contributed by atoms with Crippen molar-refractivity contribution in [2.75, 3.05) is 45.9 Å². The number of amides is 1. The number of nitrogens with one attached hydrogen (secondary N) is 2. The molecule has 3 atom stereocenters. The van der Waals surface area contributed by atoms with Gasteiger partial charge in [0.1, 0.15) is 26.2 Å². The summed E-state index contributed by atoms with van der Waals surface area (Å²) in [5.74, 6) is 1.67. The van der Waals surface area contributed by atoms with E-state index in [4.69, 9.17) is 4.74 Å². The van der Waals surface area contributed by atoms with Gasteiger partial charge in [-0.1, -0.05) is 13.8 Å². The number of fused-ring (bicyclic) bond motifs is 2. The van der Waals surface area contributed by atoms with Crippen molar-refractivity contribution in [3.8, 4) is 0 Å². The molecule has 3 rings (SSSR count). The van der Waals surface area contributed by atoms with Crippen LogP contribution in [0.5, 0.6) is 0 Å². The van der Waals surface area contributed by atoms with E-state index in [9.17, 15) is 4.79 Å². The van der Waals surface area contributed by atoms with Gasteiger partial charge in [0.05, 0.1) is 13.2 Å². The first-order chi connectivity index (χ1) is 10.9. The first-order valence-electron chi connectivity index (χ1n) is 9.47. The number of ether oxygens (including phenoxy) is 1. The van der Waals surface area contributed by atoms with Crippen LogP contribution in [0.2, 0.25) is 0 Å². The summed E-state index contributed by atoms with van der Waals surface area (Å²) in [6.45, 7) is 13.7. The molecule has 1 saturated heterocycles. The smallest absolute Gasteiger partial charge is 0.275 e. The van der Waals surface area contributed by atoms with Gasteiger partial charge in [0.15, 0.2) is 6.54 Å². The van der Waals surface area contributed by atoms with Gasteiger partial charge in [-0.25, -0.2) is 0 Å². The molecule has 1 aliphatic heterocycles. The van der Waals surface area contributed by atoms with E-state index in [0.717, 1.165) is 45.3 Å². The average Bonchev–Trinajstić information content (AvgIpc) is 3.08. The van der Waals surface area contributed by atoms with Crippen LogP contribution in [0, 0.1) is 17.3 Å². The van der Waals surface area contributed by atoms with Gasteiger partial charge in [0.2, 0.25) is 0 Å². The fraction of sp³-hybridized carbons (Fsp3) is 0.944. The largest absolute Gasteiger partial charge is 0.370 e. The van der Waals surface area contributed by atoms with Crippen LogP contribution in [0.1, 0.15) is 40.0 Å². The molecule has 0 aromatic heterocycles. The highest BCUT2D eigenvalue weighted by atomic mass is 16.5. The lowest BCUT2D eigenvalue weighted by Crippen LogP contribution is -3.16. The van der Waals surface area contributed by atoms with Crippen LogP contribution in [0.4, 0.5) is 0 Å². The lowest BCUT2D eigenvalue weighted by atomic mass is 9.64. The van der Waals surface area contributed by atoms with Crippen LogP contribution in [0.25, 0.3) is 0 Å². The standard InChI is InChI=1S/C18H33N3O2/c1-17(2)14-4-5-15(12-14)18(17,3)20-16(22)13-19-6-7-21-8-10-23-11-9-21/h14-15,19H,4-13H2,1-3H3,(H,20,22)/p+2/t14-,15-,18+/m0/s1. The molecule has 0 radical (unpaired) electrons. The molecule has 0 unspecified atom stereocenters. The molecule has 1 heterocycles. The molecular weight excluding hydrogens is 290 g/mol. The summed E-state index contributed by atoms with van der Waals surface area (Å²) in [7, 11) is 0. The number of quaternary nitrogens is 2. The third-order valence-corrected chi connectivity index (χ3v) is 7.24. The van der Waals surface area contributed by atoms with Gasteiger partial charge in [-0.05, 0) is 43.4 Å². The van der Waals surface area contributed by atoms with Gasteiger partial charge < -0.3 is 20.3 Å². The molecule has 4 N–H and O–H groups in total. The second kappa shape index (κ2) is 6.69. The zero-order valence-electron chi connectivity index (χ0n) is 15.1. The molecule has 0 aromatic carbocycles. The van der Waals surface area contributed by atoms with Gasteiger partial charge in [0, 0.05) is 5.54 Å². The summed E-state index contributed by atoms with van der Waals surface area (Å²) in [6.07, 6.45) is 3.93. The monoisotopic (exact) mass is 325 g/mol. The molecule has 132 valence electrons. The summed E-state index contributed by atoms with van der Waals surface area (Å²) >= 11 is 0. The molecule has 5 heteroatoms. The first-order valence-corrected chi connectivity index (χ1v) is 9.47. The van der Waals surface area contributed by atoms with Gasteiger partial charge >= 0.3 is 0 Å². The third-order valence-electron chi connectivity index (χ3n) is 7.24. The molecule has 1 amide bonds. The van der Waals surface area contributed by atoms with E-state index in [1.54, 1.807) is 4.90 Å². The Hall–Kier alpha value is -0.650. The van der Waals surface area contributed by atoms with Crippen molar-refractivity contribution in [3.05, 3.63) is 0 Å². The van der Waals surface area contributed by atoms with E-state index in [1.165, 1.54) is 19.3 Å². The number of morpholine rings is 1. The number of nitrogens with two attached hydrogens (primary N) is 1. The van der Waals surface area contributed by atoms with Crippen molar-refractivity contribution < 1.29 is 19.7 Å². The van der Waals surface area contributed by atoms with Crippen molar-refractivity contribution in [1.82, 2.24) is 5.32 Å². The highest BCUT2D eigenvalue weighted by molar-refractivity contribution is 5.77. The molecule has 5 nitrogen and oxygen atoms in total. The van der Waals surface area contributed by atoms with Crippen molar-refractivity contribution in [2.24, 2.45) is 17.3 Å². The van der Waals surface area contributed by atoms with Gasteiger partial charge in [-0.15, -0.1) is 0 Å². The van der Waals surface area contributed by atoms with E-state index < -0.39 is 0 Å². The molecule has 2 bridgehead atoms. The number of hydrogen-bond donors (Lipinski definition) is 3. The quantitative estimate of drug-likeness (QED) is 0.537. The highest BCUT2D eigenvalue weighted by Crippen LogP contribution is 2.61. The van der Waals surface area contributed by atoms with Crippen LogP contribution in [0.15, 0.2) is 0 Å². The Kier molecular flexibility index (Phi) is 5.00. The molecule has 3 fully saturated rings. The molecule has 2 aliphatic carbocycles. The molecular formula is C18H35N3O2+2. The van der Waals surface area contributed by atoms with E-state index in [2.05, 4.69) is 31.4 Å². The second-order valence-corrected chi connectivity index (χ2v) is 8.57.